The molecule has 0 radical (unpaired) electrons. The van der Waals surface area contributed by atoms with E-state index in [4.69, 9.17) is 5.73 Å². The zero-order valence-corrected chi connectivity index (χ0v) is 14.3. The van der Waals surface area contributed by atoms with Gasteiger partial charge in [0.15, 0.2) is 0 Å². The lowest BCUT2D eigenvalue weighted by Crippen LogP contribution is -2.51. The van der Waals surface area contributed by atoms with Gasteiger partial charge in [-0.3, -0.25) is 9.59 Å². The summed E-state index contributed by atoms with van der Waals surface area (Å²) in [6.45, 7) is 1.90. The number of nitrogens with two attached hydrogens (primary N) is 1. The van der Waals surface area contributed by atoms with Crippen molar-refractivity contribution in [1.29, 1.82) is 0 Å². The van der Waals surface area contributed by atoms with Crippen LogP contribution in [0.15, 0.2) is 30.3 Å². The van der Waals surface area contributed by atoms with Gasteiger partial charge >= 0.3 is 0 Å². The summed E-state index contributed by atoms with van der Waals surface area (Å²) >= 11 is 1.51. The second-order valence-electron chi connectivity index (χ2n) is 6.56. The van der Waals surface area contributed by atoms with Gasteiger partial charge in [-0.2, -0.15) is 0 Å². The monoisotopic (exact) mass is 341 g/mol. The number of piperidine rings is 1. The Bertz CT molecular complexity index is 802. The van der Waals surface area contributed by atoms with Crippen LogP contribution < -0.4 is 5.73 Å². The molecule has 1 aliphatic carbocycles. The molecule has 2 aliphatic rings. The Labute approximate surface area is 144 Å². The van der Waals surface area contributed by atoms with E-state index in [-0.39, 0.29) is 17.9 Å². The summed E-state index contributed by atoms with van der Waals surface area (Å²) in [4.78, 5) is 32.2. The predicted octanol–water partition coefficient (Wildman–Crippen LogP) is 2.60. The van der Waals surface area contributed by atoms with Crippen LogP contribution in [0.25, 0.3) is 10.4 Å². The fourth-order valence-corrected chi connectivity index (χ4v) is 5.04. The minimum Gasteiger partial charge on any atom is -0.368 e. The standard InChI is InChI=1S/C18H19N3O2S/c1-10-20-14(16(24-10)11-5-3-2-4-6-11)18(23)21-13-8-7-12(9-13)15(21)17(19)22/h2-6,12-13,15H,7-9H2,1H3,(H2,19,22)/t12-,13+,15-/m0/s1. The van der Waals surface area contributed by atoms with Crippen LogP contribution in [0.3, 0.4) is 0 Å². The minimum atomic E-state index is -0.484. The Kier molecular flexibility index (Phi) is 3.64. The third-order valence-corrected chi connectivity index (χ3v) is 6.10. The van der Waals surface area contributed by atoms with Gasteiger partial charge < -0.3 is 10.6 Å². The van der Waals surface area contributed by atoms with E-state index in [2.05, 4.69) is 4.98 Å². The normalized spacial score (nSPS) is 25.2. The lowest BCUT2D eigenvalue weighted by molar-refractivity contribution is -0.123. The van der Waals surface area contributed by atoms with E-state index in [1.54, 1.807) is 4.90 Å². The number of nitrogens with zero attached hydrogens (tertiary/aromatic N) is 2. The molecule has 6 heteroatoms. The topological polar surface area (TPSA) is 76.3 Å². The summed E-state index contributed by atoms with van der Waals surface area (Å²) in [6.07, 6.45) is 2.80. The first-order chi connectivity index (χ1) is 11.6. The van der Waals surface area contributed by atoms with Crippen LogP contribution in [-0.4, -0.2) is 33.8 Å². The molecule has 3 atom stereocenters. The number of aromatic nitrogens is 1. The van der Waals surface area contributed by atoms with Crippen molar-refractivity contribution in [2.75, 3.05) is 0 Å². The number of carbonyl (C=O) groups is 2. The van der Waals surface area contributed by atoms with E-state index in [9.17, 15) is 9.59 Å². The van der Waals surface area contributed by atoms with Gasteiger partial charge in [0.25, 0.3) is 5.91 Å². The van der Waals surface area contributed by atoms with Crippen LogP contribution in [0.4, 0.5) is 0 Å². The van der Waals surface area contributed by atoms with Gasteiger partial charge in [0.05, 0.1) is 9.88 Å². The zero-order chi connectivity index (χ0) is 16.8. The predicted molar refractivity (Wildman–Crippen MR) is 92.6 cm³/mol. The molecule has 1 saturated carbocycles. The molecular weight excluding hydrogens is 322 g/mol. The van der Waals surface area contributed by atoms with E-state index in [1.165, 1.54) is 11.3 Å². The molecule has 0 spiro atoms. The van der Waals surface area contributed by atoms with E-state index in [0.29, 0.717) is 5.69 Å². The second kappa shape index (κ2) is 5.70. The molecule has 1 aliphatic heterocycles. The number of fused-ring (bicyclic) bond motifs is 2. The molecule has 5 nitrogen and oxygen atoms in total. The highest BCUT2D eigenvalue weighted by Crippen LogP contribution is 2.44. The molecule has 2 fully saturated rings. The van der Waals surface area contributed by atoms with Crippen molar-refractivity contribution in [1.82, 2.24) is 9.88 Å². The summed E-state index contributed by atoms with van der Waals surface area (Å²) in [6, 6.07) is 9.43. The summed E-state index contributed by atoms with van der Waals surface area (Å²) in [7, 11) is 0. The molecule has 124 valence electrons. The molecule has 0 unspecified atom stereocenters. The molecule has 2 aromatic rings. The minimum absolute atomic E-state index is 0.116. The Morgan fingerprint density at radius 2 is 2.00 bits per heavy atom. The lowest BCUT2D eigenvalue weighted by atomic mass is 9.97. The number of amides is 2. The van der Waals surface area contributed by atoms with Gasteiger partial charge in [-0.25, -0.2) is 4.98 Å². The maximum absolute atomic E-state index is 13.2. The molecular formula is C18H19N3O2S. The fraction of sp³-hybridized carbons (Fsp3) is 0.389. The van der Waals surface area contributed by atoms with Crippen molar-refractivity contribution in [3.63, 3.8) is 0 Å². The van der Waals surface area contributed by atoms with E-state index >= 15 is 0 Å². The van der Waals surface area contributed by atoms with Crippen molar-refractivity contribution in [2.24, 2.45) is 11.7 Å². The molecule has 2 amide bonds. The summed E-state index contributed by atoms with van der Waals surface area (Å²) in [5, 5.41) is 0.845. The average Bonchev–Trinajstić information content (AvgIpc) is 3.28. The highest BCUT2D eigenvalue weighted by Gasteiger charge is 2.51. The quantitative estimate of drug-likeness (QED) is 0.932. The van der Waals surface area contributed by atoms with Crippen LogP contribution >= 0.6 is 11.3 Å². The molecule has 1 aromatic heterocycles. The van der Waals surface area contributed by atoms with Gasteiger partial charge in [-0.15, -0.1) is 11.3 Å². The SMILES string of the molecule is Cc1nc(C(=O)N2[C@@H]3CC[C@@H](C3)[C@H]2C(N)=O)c(-c2ccccc2)s1. The van der Waals surface area contributed by atoms with E-state index in [0.717, 1.165) is 34.7 Å². The van der Waals surface area contributed by atoms with Gasteiger partial charge in [0.2, 0.25) is 5.91 Å². The van der Waals surface area contributed by atoms with Crippen LogP contribution in [0, 0.1) is 12.8 Å². The third kappa shape index (κ3) is 2.33. The second-order valence-corrected chi connectivity index (χ2v) is 7.77. The first-order valence-corrected chi connectivity index (χ1v) is 9.02. The maximum atomic E-state index is 13.2. The van der Waals surface area contributed by atoms with Crippen LogP contribution in [0.2, 0.25) is 0 Å². The van der Waals surface area contributed by atoms with Crippen LogP contribution in [0.1, 0.15) is 34.8 Å². The number of hydrogen-bond acceptors (Lipinski definition) is 4. The van der Waals surface area contributed by atoms with Crippen LogP contribution in [-0.2, 0) is 4.79 Å². The highest BCUT2D eigenvalue weighted by atomic mass is 32.1. The van der Waals surface area contributed by atoms with Crippen molar-refractivity contribution in [2.45, 2.75) is 38.3 Å². The Balaban J connectivity index is 1.74. The number of thiazole rings is 1. The van der Waals surface area contributed by atoms with Crippen molar-refractivity contribution in [3.8, 4) is 10.4 Å². The number of likely N-dealkylation sites (tertiary alicyclic amines) is 1. The number of benzene rings is 1. The van der Waals surface area contributed by atoms with Crippen molar-refractivity contribution < 1.29 is 9.59 Å². The van der Waals surface area contributed by atoms with Gasteiger partial charge in [-0.1, -0.05) is 30.3 Å². The number of hydrogen-bond donors (Lipinski definition) is 1. The van der Waals surface area contributed by atoms with E-state index in [1.807, 2.05) is 37.3 Å². The molecule has 2 heterocycles. The smallest absolute Gasteiger partial charge is 0.274 e. The van der Waals surface area contributed by atoms with Gasteiger partial charge in [0.1, 0.15) is 11.7 Å². The molecule has 2 bridgehead atoms. The highest BCUT2D eigenvalue weighted by molar-refractivity contribution is 7.15. The summed E-state index contributed by atoms with van der Waals surface area (Å²) < 4.78 is 0. The number of rotatable bonds is 3. The first kappa shape index (κ1) is 15.3. The van der Waals surface area contributed by atoms with Crippen LogP contribution in [0.5, 0.6) is 0 Å². The average molecular weight is 341 g/mol. The number of carbonyl (C=O) groups excluding carboxylic acids is 2. The van der Waals surface area contributed by atoms with Gasteiger partial charge in [-0.05, 0) is 37.7 Å². The Morgan fingerprint density at radius 3 is 2.71 bits per heavy atom. The molecule has 1 aromatic carbocycles. The third-order valence-electron chi connectivity index (χ3n) is 5.08. The summed E-state index contributed by atoms with van der Waals surface area (Å²) in [5.41, 5.74) is 7.02. The lowest BCUT2D eigenvalue weighted by Gasteiger charge is -2.33. The number of aryl methyl sites for hydroxylation is 1. The Morgan fingerprint density at radius 1 is 1.25 bits per heavy atom. The Hall–Kier alpha value is -2.21. The van der Waals surface area contributed by atoms with E-state index < -0.39 is 11.9 Å². The molecule has 2 N–H and O–H groups in total. The molecule has 4 rings (SSSR count). The van der Waals surface area contributed by atoms with Crippen molar-refractivity contribution >= 4 is 23.2 Å². The first-order valence-electron chi connectivity index (χ1n) is 8.21. The summed E-state index contributed by atoms with van der Waals surface area (Å²) in [5.74, 6) is -0.352. The zero-order valence-electron chi connectivity index (χ0n) is 13.4. The number of primary amides is 1. The fourth-order valence-electron chi connectivity index (χ4n) is 4.13. The van der Waals surface area contributed by atoms with Crippen molar-refractivity contribution in [3.05, 3.63) is 41.0 Å². The largest absolute Gasteiger partial charge is 0.368 e. The van der Waals surface area contributed by atoms with Gasteiger partial charge in [0, 0.05) is 6.04 Å². The molecule has 24 heavy (non-hydrogen) atoms. The molecule has 1 saturated heterocycles. The maximum Gasteiger partial charge on any atom is 0.274 e.